The van der Waals surface area contributed by atoms with Crippen molar-refractivity contribution in [2.75, 3.05) is 0 Å². The summed E-state index contributed by atoms with van der Waals surface area (Å²) in [6.45, 7) is 0. The fourth-order valence-corrected chi connectivity index (χ4v) is 1.13. The van der Waals surface area contributed by atoms with E-state index in [1.165, 1.54) is 6.20 Å². The van der Waals surface area contributed by atoms with E-state index in [1.54, 1.807) is 24.3 Å². The molecule has 1 aromatic heterocycles. The molecule has 1 aromatic carbocycles. The van der Waals surface area contributed by atoms with Gasteiger partial charge in [-0.3, -0.25) is 0 Å². The van der Waals surface area contributed by atoms with Gasteiger partial charge in [-0.15, -0.1) is 0 Å². The smallest absolute Gasteiger partial charge is 0.400 e. The van der Waals surface area contributed by atoms with Crippen LogP contribution in [0.2, 0.25) is 10.2 Å². The van der Waals surface area contributed by atoms with E-state index in [-0.39, 0.29) is 11.3 Å². The molecule has 1 heterocycles. The average molecular weight is 230 g/mol. The topological polar surface area (TPSA) is 35.3 Å². The molecule has 5 heteroatoms. The second-order valence-corrected chi connectivity index (χ2v) is 3.30. The van der Waals surface area contributed by atoms with E-state index in [4.69, 9.17) is 32.4 Å². The number of ether oxygens (including phenoxy) is 1. The standard InChI is InChI=1S/C9H5Cl2NO2/c10-6-1-3-7(4-2-6)13-9-12-5-8(11)14-9/h1-5H. The fraction of sp³-hybridized carbons (Fsp3) is 0. The summed E-state index contributed by atoms with van der Waals surface area (Å²) in [5, 5.41) is 0.830. The lowest BCUT2D eigenvalue weighted by molar-refractivity contribution is 0.331. The molecule has 0 fully saturated rings. The third-order valence-corrected chi connectivity index (χ3v) is 1.90. The maximum absolute atomic E-state index is 5.70. The van der Waals surface area contributed by atoms with E-state index in [9.17, 15) is 0 Å². The summed E-state index contributed by atoms with van der Waals surface area (Å²) >= 11 is 11.2. The second kappa shape index (κ2) is 3.90. The van der Waals surface area contributed by atoms with Gasteiger partial charge in [-0.1, -0.05) is 11.6 Å². The van der Waals surface area contributed by atoms with Crippen molar-refractivity contribution in [3.63, 3.8) is 0 Å². The van der Waals surface area contributed by atoms with Crippen LogP contribution in [0.25, 0.3) is 0 Å². The molecule has 0 bridgehead atoms. The second-order valence-electron chi connectivity index (χ2n) is 2.49. The van der Waals surface area contributed by atoms with Gasteiger partial charge in [0.15, 0.2) is 0 Å². The Balaban J connectivity index is 2.15. The van der Waals surface area contributed by atoms with Gasteiger partial charge in [0.05, 0.1) is 6.20 Å². The summed E-state index contributed by atoms with van der Waals surface area (Å²) in [6, 6.07) is 6.84. The van der Waals surface area contributed by atoms with Crippen molar-refractivity contribution < 1.29 is 9.15 Å². The van der Waals surface area contributed by atoms with Crippen LogP contribution in [-0.4, -0.2) is 4.98 Å². The van der Waals surface area contributed by atoms with Crippen LogP contribution in [0.4, 0.5) is 0 Å². The summed E-state index contributed by atoms with van der Waals surface area (Å²) in [7, 11) is 0. The van der Waals surface area contributed by atoms with Gasteiger partial charge in [0.25, 0.3) is 0 Å². The number of halogens is 2. The van der Waals surface area contributed by atoms with Crippen LogP contribution in [0.15, 0.2) is 34.9 Å². The molecule has 0 spiro atoms. The SMILES string of the molecule is Clc1ccc(Oc2ncc(Cl)o2)cc1. The van der Waals surface area contributed by atoms with Crippen LogP contribution in [-0.2, 0) is 0 Å². The lowest BCUT2D eigenvalue weighted by atomic mass is 10.3. The van der Waals surface area contributed by atoms with Gasteiger partial charge in [-0.2, -0.15) is 4.98 Å². The number of oxazole rings is 1. The summed E-state index contributed by atoms with van der Waals surface area (Å²) in [5.74, 6) is 0.591. The number of nitrogens with zero attached hydrogens (tertiary/aromatic N) is 1. The van der Waals surface area contributed by atoms with Gasteiger partial charge in [0.2, 0.25) is 5.22 Å². The predicted molar refractivity (Wildman–Crippen MR) is 53.0 cm³/mol. The molecule has 0 saturated carbocycles. The molecule has 3 nitrogen and oxygen atoms in total. The Kier molecular flexibility index (Phi) is 2.61. The van der Waals surface area contributed by atoms with E-state index < -0.39 is 0 Å². The van der Waals surface area contributed by atoms with E-state index in [1.807, 2.05) is 0 Å². The van der Waals surface area contributed by atoms with Crippen molar-refractivity contribution in [3.05, 3.63) is 40.7 Å². The highest BCUT2D eigenvalue weighted by Gasteiger charge is 2.03. The molecule has 72 valence electrons. The number of aromatic nitrogens is 1. The monoisotopic (exact) mass is 229 g/mol. The van der Waals surface area contributed by atoms with E-state index in [2.05, 4.69) is 4.98 Å². The first kappa shape index (κ1) is 9.37. The van der Waals surface area contributed by atoms with Crippen molar-refractivity contribution in [3.8, 4) is 11.8 Å². The van der Waals surface area contributed by atoms with Gasteiger partial charge in [-0.05, 0) is 35.9 Å². The third kappa shape index (κ3) is 2.19. The van der Waals surface area contributed by atoms with Crippen LogP contribution in [0.3, 0.4) is 0 Å². The highest BCUT2D eigenvalue weighted by molar-refractivity contribution is 6.30. The Morgan fingerprint density at radius 2 is 1.86 bits per heavy atom. The molecule has 0 radical (unpaired) electrons. The number of benzene rings is 1. The molecule has 0 amide bonds. The summed E-state index contributed by atoms with van der Waals surface area (Å²) < 4.78 is 10.2. The predicted octanol–water partition coefficient (Wildman–Crippen LogP) is 3.77. The van der Waals surface area contributed by atoms with Crippen LogP contribution in [0.5, 0.6) is 11.8 Å². The number of hydrogen-bond donors (Lipinski definition) is 0. The van der Waals surface area contributed by atoms with Crippen LogP contribution >= 0.6 is 23.2 Å². The lowest BCUT2D eigenvalue weighted by Gasteiger charge is -1.99. The molecule has 0 aliphatic carbocycles. The molecule has 2 rings (SSSR count). The molecule has 0 saturated heterocycles. The van der Waals surface area contributed by atoms with Crippen LogP contribution < -0.4 is 4.74 Å². The van der Waals surface area contributed by atoms with E-state index >= 15 is 0 Å². The Morgan fingerprint density at radius 1 is 1.14 bits per heavy atom. The number of hydrogen-bond acceptors (Lipinski definition) is 3. The third-order valence-electron chi connectivity index (χ3n) is 1.48. The minimum atomic E-state index is 0.109. The van der Waals surface area contributed by atoms with Gasteiger partial charge in [0, 0.05) is 5.02 Å². The normalized spacial score (nSPS) is 10.1. The Hall–Kier alpha value is -1.19. The van der Waals surface area contributed by atoms with Crippen molar-refractivity contribution in [1.29, 1.82) is 0 Å². The molecule has 0 atom stereocenters. The van der Waals surface area contributed by atoms with Gasteiger partial charge >= 0.3 is 6.08 Å². The molecule has 0 unspecified atom stereocenters. The first-order valence-electron chi connectivity index (χ1n) is 3.79. The van der Waals surface area contributed by atoms with Crippen LogP contribution in [0, 0.1) is 0 Å². The van der Waals surface area contributed by atoms with Crippen molar-refractivity contribution in [1.82, 2.24) is 4.98 Å². The Morgan fingerprint density at radius 3 is 2.43 bits per heavy atom. The molecular formula is C9H5Cl2NO2. The maximum atomic E-state index is 5.70. The first-order chi connectivity index (χ1) is 6.74. The van der Waals surface area contributed by atoms with Crippen LogP contribution in [0.1, 0.15) is 0 Å². The fourth-order valence-electron chi connectivity index (χ4n) is 0.890. The Bertz CT molecular complexity index is 425. The maximum Gasteiger partial charge on any atom is 0.400 e. The van der Waals surface area contributed by atoms with E-state index in [0.29, 0.717) is 10.8 Å². The highest BCUT2D eigenvalue weighted by Crippen LogP contribution is 2.23. The molecule has 14 heavy (non-hydrogen) atoms. The molecule has 0 aliphatic rings. The van der Waals surface area contributed by atoms with Crippen molar-refractivity contribution in [2.24, 2.45) is 0 Å². The lowest BCUT2D eigenvalue weighted by Crippen LogP contribution is -1.82. The zero-order valence-corrected chi connectivity index (χ0v) is 8.42. The Labute approximate surface area is 90.2 Å². The summed E-state index contributed by atoms with van der Waals surface area (Å²) in [6.07, 6.45) is 1.48. The summed E-state index contributed by atoms with van der Waals surface area (Å²) in [4.78, 5) is 3.78. The summed E-state index contributed by atoms with van der Waals surface area (Å²) in [5.41, 5.74) is 0. The zero-order valence-electron chi connectivity index (χ0n) is 6.91. The van der Waals surface area contributed by atoms with Crippen molar-refractivity contribution in [2.45, 2.75) is 0 Å². The van der Waals surface area contributed by atoms with Gasteiger partial charge in [-0.25, -0.2) is 0 Å². The van der Waals surface area contributed by atoms with Crippen molar-refractivity contribution >= 4 is 23.2 Å². The van der Waals surface area contributed by atoms with Gasteiger partial charge < -0.3 is 9.15 Å². The number of rotatable bonds is 2. The highest BCUT2D eigenvalue weighted by atomic mass is 35.5. The minimum Gasteiger partial charge on any atom is -0.411 e. The first-order valence-corrected chi connectivity index (χ1v) is 4.54. The average Bonchev–Trinajstić information content (AvgIpc) is 2.56. The molecule has 2 aromatic rings. The molecule has 0 aliphatic heterocycles. The zero-order chi connectivity index (χ0) is 9.97. The molecule has 0 N–H and O–H groups in total. The minimum absolute atomic E-state index is 0.109. The van der Waals surface area contributed by atoms with E-state index in [0.717, 1.165) is 0 Å². The van der Waals surface area contributed by atoms with Gasteiger partial charge in [0.1, 0.15) is 5.75 Å². The largest absolute Gasteiger partial charge is 0.411 e. The quantitative estimate of drug-likeness (QED) is 0.787. The molecular weight excluding hydrogens is 225 g/mol.